The van der Waals surface area contributed by atoms with Crippen LogP contribution in [0.5, 0.6) is 0 Å². The van der Waals surface area contributed by atoms with Crippen molar-refractivity contribution in [1.29, 1.82) is 0 Å². The maximum Gasteiger partial charge on any atom is 0.257 e. The Bertz CT molecular complexity index is 811. The molecule has 0 unspecified atom stereocenters. The molecule has 1 heterocycles. The molecule has 0 aliphatic rings. The van der Waals surface area contributed by atoms with Crippen LogP contribution in [0.15, 0.2) is 53.1 Å². The molecule has 1 aromatic heterocycles. The third-order valence-corrected chi connectivity index (χ3v) is 3.29. The number of aromatic nitrogens is 2. The summed E-state index contributed by atoms with van der Waals surface area (Å²) in [5.74, 6) is 0.469. The molecule has 0 bridgehead atoms. The monoisotopic (exact) mass is 311 g/mol. The summed E-state index contributed by atoms with van der Waals surface area (Å²) < 4.78 is 17.9. The molecular formula is C17H14FN3O2. The average molecular weight is 311 g/mol. The molecule has 5 nitrogen and oxygen atoms in total. The largest absolute Gasteiger partial charge is 0.348 e. The fourth-order valence-corrected chi connectivity index (χ4v) is 2.07. The zero-order valence-electron chi connectivity index (χ0n) is 12.4. The van der Waals surface area contributed by atoms with E-state index in [2.05, 4.69) is 15.5 Å². The number of rotatable bonds is 4. The van der Waals surface area contributed by atoms with Crippen molar-refractivity contribution in [2.75, 3.05) is 0 Å². The average Bonchev–Trinajstić information content (AvgIpc) is 3.01. The molecule has 3 rings (SSSR count). The molecular weight excluding hydrogens is 297 g/mol. The number of carbonyl (C=O) groups excluding carboxylic acids is 1. The van der Waals surface area contributed by atoms with Gasteiger partial charge in [0.05, 0.1) is 0 Å². The third-order valence-electron chi connectivity index (χ3n) is 3.29. The molecule has 0 aliphatic heterocycles. The van der Waals surface area contributed by atoms with Crippen LogP contribution in [0.2, 0.25) is 0 Å². The molecule has 1 N–H and O–H groups in total. The topological polar surface area (TPSA) is 68.0 Å². The lowest BCUT2D eigenvalue weighted by Gasteiger charge is -2.06. The molecule has 0 radical (unpaired) electrons. The standard InChI is InChI=1S/C17H14FN3O2/c1-11-20-17(23-21-11)14-6-4-13(5-7-14)16(22)19-10-12-2-8-15(18)9-3-12/h2-9H,10H2,1H3,(H,19,22). The second-order valence-corrected chi connectivity index (χ2v) is 5.03. The number of hydrogen-bond acceptors (Lipinski definition) is 4. The summed E-state index contributed by atoms with van der Waals surface area (Å²) in [4.78, 5) is 16.2. The molecule has 0 saturated heterocycles. The Kier molecular flexibility index (Phi) is 4.14. The molecule has 0 saturated carbocycles. The first-order valence-corrected chi connectivity index (χ1v) is 7.05. The SMILES string of the molecule is Cc1noc(-c2ccc(C(=O)NCc3ccc(F)cc3)cc2)n1. The Morgan fingerprint density at radius 1 is 1.13 bits per heavy atom. The fourth-order valence-electron chi connectivity index (χ4n) is 2.07. The predicted molar refractivity (Wildman–Crippen MR) is 82.0 cm³/mol. The summed E-state index contributed by atoms with van der Waals surface area (Å²) in [6.45, 7) is 2.08. The molecule has 0 fully saturated rings. The van der Waals surface area contributed by atoms with Gasteiger partial charge in [-0.3, -0.25) is 4.79 Å². The van der Waals surface area contributed by atoms with Crippen molar-refractivity contribution in [3.8, 4) is 11.5 Å². The highest BCUT2D eigenvalue weighted by Crippen LogP contribution is 2.17. The van der Waals surface area contributed by atoms with Crippen molar-refractivity contribution in [3.05, 3.63) is 71.3 Å². The Morgan fingerprint density at radius 3 is 2.43 bits per heavy atom. The van der Waals surface area contributed by atoms with E-state index in [0.29, 0.717) is 23.8 Å². The molecule has 1 amide bonds. The second-order valence-electron chi connectivity index (χ2n) is 5.03. The summed E-state index contributed by atoms with van der Waals surface area (Å²) in [5, 5.41) is 6.51. The molecule has 0 spiro atoms. The highest BCUT2D eigenvalue weighted by molar-refractivity contribution is 5.94. The Morgan fingerprint density at radius 2 is 1.83 bits per heavy atom. The van der Waals surface area contributed by atoms with Gasteiger partial charge >= 0.3 is 0 Å². The van der Waals surface area contributed by atoms with E-state index in [1.807, 2.05) is 0 Å². The quantitative estimate of drug-likeness (QED) is 0.804. The molecule has 3 aromatic rings. The lowest BCUT2D eigenvalue weighted by atomic mass is 10.1. The Hall–Kier alpha value is -3.02. The number of benzene rings is 2. The first-order chi connectivity index (χ1) is 11.1. The van der Waals surface area contributed by atoms with Crippen LogP contribution in [0.4, 0.5) is 4.39 Å². The zero-order chi connectivity index (χ0) is 16.2. The Labute approximate surface area is 132 Å². The summed E-state index contributed by atoms with van der Waals surface area (Å²) in [5.41, 5.74) is 2.10. The zero-order valence-corrected chi connectivity index (χ0v) is 12.4. The maximum absolute atomic E-state index is 12.8. The molecule has 116 valence electrons. The van der Waals surface area contributed by atoms with E-state index in [9.17, 15) is 9.18 Å². The number of carbonyl (C=O) groups is 1. The summed E-state index contributed by atoms with van der Waals surface area (Å²) in [7, 11) is 0. The van der Waals surface area contributed by atoms with E-state index in [1.54, 1.807) is 43.3 Å². The van der Waals surface area contributed by atoms with E-state index >= 15 is 0 Å². The van der Waals surface area contributed by atoms with E-state index in [0.717, 1.165) is 11.1 Å². The van der Waals surface area contributed by atoms with Gasteiger partial charge in [0.15, 0.2) is 5.82 Å². The van der Waals surface area contributed by atoms with Crippen molar-refractivity contribution in [2.45, 2.75) is 13.5 Å². The number of amides is 1. The molecule has 23 heavy (non-hydrogen) atoms. The predicted octanol–water partition coefficient (Wildman–Crippen LogP) is 3.11. The van der Waals surface area contributed by atoms with Gasteiger partial charge in [0.25, 0.3) is 11.8 Å². The van der Waals surface area contributed by atoms with E-state index in [-0.39, 0.29) is 11.7 Å². The molecule has 2 aromatic carbocycles. The van der Waals surface area contributed by atoms with Crippen LogP contribution in [0.3, 0.4) is 0 Å². The van der Waals surface area contributed by atoms with Gasteiger partial charge in [0, 0.05) is 17.7 Å². The van der Waals surface area contributed by atoms with Crippen molar-refractivity contribution < 1.29 is 13.7 Å². The van der Waals surface area contributed by atoms with Gasteiger partial charge in [-0.2, -0.15) is 4.98 Å². The second kappa shape index (κ2) is 6.39. The minimum absolute atomic E-state index is 0.206. The number of nitrogens with zero attached hydrogens (tertiary/aromatic N) is 2. The first-order valence-electron chi connectivity index (χ1n) is 7.05. The van der Waals surface area contributed by atoms with Crippen LogP contribution in [0, 0.1) is 12.7 Å². The van der Waals surface area contributed by atoms with Crippen molar-refractivity contribution >= 4 is 5.91 Å². The van der Waals surface area contributed by atoms with Crippen LogP contribution in [0.25, 0.3) is 11.5 Å². The maximum atomic E-state index is 12.8. The van der Waals surface area contributed by atoms with Crippen molar-refractivity contribution in [2.24, 2.45) is 0 Å². The first kappa shape index (κ1) is 14.9. The van der Waals surface area contributed by atoms with Gasteiger partial charge in [-0.25, -0.2) is 4.39 Å². The number of aryl methyl sites for hydroxylation is 1. The van der Waals surface area contributed by atoms with Crippen molar-refractivity contribution in [1.82, 2.24) is 15.5 Å². The van der Waals surface area contributed by atoms with Crippen LogP contribution < -0.4 is 5.32 Å². The van der Waals surface area contributed by atoms with Crippen LogP contribution >= 0.6 is 0 Å². The van der Waals surface area contributed by atoms with Gasteiger partial charge in [-0.15, -0.1) is 0 Å². The van der Waals surface area contributed by atoms with E-state index < -0.39 is 0 Å². The van der Waals surface area contributed by atoms with Crippen LogP contribution in [-0.4, -0.2) is 16.0 Å². The summed E-state index contributed by atoms with van der Waals surface area (Å²) >= 11 is 0. The lowest BCUT2D eigenvalue weighted by molar-refractivity contribution is 0.0951. The fraction of sp³-hybridized carbons (Fsp3) is 0.118. The Balaban J connectivity index is 1.64. The summed E-state index contributed by atoms with van der Waals surface area (Å²) in [6, 6.07) is 12.9. The summed E-state index contributed by atoms with van der Waals surface area (Å²) in [6.07, 6.45) is 0. The third kappa shape index (κ3) is 3.60. The minimum atomic E-state index is -0.299. The van der Waals surface area contributed by atoms with Gasteiger partial charge in [0.2, 0.25) is 0 Å². The van der Waals surface area contributed by atoms with E-state index in [1.165, 1.54) is 12.1 Å². The van der Waals surface area contributed by atoms with Crippen LogP contribution in [0.1, 0.15) is 21.7 Å². The van der Waals surface area contributed by atoms with Gasteiger partial charge in [-0.05, 0) is 48.9 Å². The highest BCUT2D eigenvalue weighted by Gasteiger charge is 2.09. The van der Waals surface area contributed by atoms with Gasteiger partial charge in [0.1, 0.15) is 5.82 Å². The molecule has 0 aliphatic carbocycles. The lowest BCUT2D eigenvalue weighted by Crippen LogP contribution is -2.22. The smallest absolute Gasteiger partial charge is 0.257 e. The van der Waals surface area contributed by atoms with Gasteiger partial charge in [-0.1, -0.05) is 17.3 Å². The van der Waals surface area contributed by atoms with Gasteiger partial charge < -0.3 is 9.84 Å². The normalized spacial score (nSPS) is 10.5. The molecule has 0 atom stereocenters. The number of nitrogens with one attached hydrogen (secondary N) is 1. The van der Waals surface area contributed by atoms with E-state index in [4.69, 9.17) is 4.52 Å². The number of hydrogen-bond donors (Lipinski definition) is 1. The molecule has 6 heteroatoms. The highest BCUT2D eigenvalue weighted by atomic mass is 19.1. The van der Waals surface area contributed by atoms with Crippen LogP contribution in [-0.2, 0) is 6.54 Å². The number of halogens is 1. The minimum Gasteiger partial charge on any atom is -0.348 e. The van der Waals surface area contributed by atoms with Crippen molar-refractivity contribution in [3.63, 3.8) is 0 Å².